The minimum atomic E-state index is -0.479. The average molecular weight is 283 g/mol. The highest BCUT2D eigenvalue weighted by Gasteiger charge is 2.17. The fraction of sp³-hybridized carbons (Fsp3) is 0.125. The molecule has 0 aliphatic rings. The van der Waals surface area contributed by atoms with Crippen LogP contribution >= 0.6 is 0 Å². The van der Waals surface area contributed by atoms with E-state index >= 15 is 0 Å². The van der Waals surface area contributed by atoms with Gasteiger partial charge in [-0.25, -0.2) is 4.39 Å². The van der Waals surface area contributed by atoms with E-state index in [1.54, 1.807) is 18.2 Å². The average Bonchev–Trinajstić information content (AvgIpc) is 2.98. The van der Waals surface area contributed by atoms with Gasteiger partial charge in [-0.05, 0) is 17.2 Å². The molecule has 1 atom stereocenters. The van der Waals surface area contributed by atoms with Crippen LogP contribution in [-0.4, -0.2) is 10.1 Å². The number of benzene rings is 2. The van der Waals surface area contributed by atoms with Crippen LogP contribution in [0.3, 0.4) is 0 Å². The van der Waals surface area contributed by atoms with Gasteiger partial charge in [-0.1, -0.05) is 53.7 Å². The summed E-state index contributed by atoms with van der Waals surface area (Å²) in [6.45, 7) is 0. The third-order valence-corrected chi connectivity index (χ3v) is 3.21. The Morgan fingerprint density at radius 2 is 1.76 bits per heavy atom. The second kappa shape index (κ2) is 5.85. The zero-order valence-electron chi connectivity index (χ0n) is 11.2. The summed E-state index contributed by atoms with van der Waals surface area (Å²) in [6, 6.07) is 15.5. The zero-order valence-corrected chi connectivity index (χ0v) is 11.2. The lowest BCUT2D eigenvalue weighted by atomic mass is 10.1. The van der Waals surface area contributed by atoms with Crippen molar-refractivity contribution in [3.63, 3.8) is 0 Å². The Kier molecular flexibility index (Phi) is 3.75. The SMILES string of the molecule is N[C@@H](c1ccccc1)c1nc(Cc2ccccc2F)no1. The maximum atomic E-state index is 13.6. The highest BCUT2D eigenvalue weighted by atomic mass is 19.1. The lowest BCUT2D eigenvalue weighted by Crippen LogP contribution is -2.12. The van der Waals surface area contributed by atoms with Gasteiger partial charge in [0.25, 0.3) is 0 Å². The Hall–Kier alpha value is -2.53. The molecule has 2 N–H and O–H groups in total. The van der Waals surface area contributed by atoms with Crippen LogP contribution < -0.4 is 5.73 Å². The fourth-order valence-electron chi connectivity index (χ4n) is 2.08. The monoisotopic (exact) mass is 283 g/mol. The van der Waals surface area contributed by atoms with Crippen LogP contribution in [0.1, 0.15) is 28.9 Å². The van der Waals surface area contributed by atoms with E-state index in [1.807, 2.05) is 30.3 Å². The Balaban J connectivity index is 1.79. The number of halogens is 1. The molecular formula is C16H14FN3O. The summed E-state index contributed by atoms with van der Waals surface area (Å²) < 4.78 is 18.8. The highest BCUT2D eigenvalue weighted by molar-refractivity contribution is 5.24. The molecule has 3 rings (SSSR count). The fourth-order valence-corrected chi connectivity index (χ4v) is 2.08. The molecule has 0 saturated carbocycles. The number of nitrogens with two attached hydrogens (primary N) is 1. The summed E-state index contributed by atoms with van der Waals surface area (Å²) in [4.78, 5) is 4.25. The minimum Gasteiger partial charge on any atom is -0.337 e. The summed E-state index contributed by atoms with van der Waals surface area (Å²) in [7, 11) is 0. The maximum absolute atomic E-state index is 13.6. The molecule has 0 aliphatic heterocycles. The number of aromatic nitrogens is 2. The normalized spacial score (nSPS) is 12.3. The van der Waals surface area contributed by atoms with Crippen LogP contribution in [0.2, 0.25) is 0 Å². The van der Waals surface area contributed by atoms with Gasteiger partial charge < -0.3 is 10.3 Å². The van der Waals surface area contributed by atoms with E-state index in [4.69, 9.17) is 10.3 Å². The molecule has 5 heteroatoms. The van der Waals surface area contributed by atoms with Crippen molar-refractivity contribution in [2.24, 2.45) is 5.73 Å². The smallest absolute Gasteiger partial charge is 0.248 e. The lowest BCUT2D eigenvalue weighted by molar-refractivity contribution is 0.363. The Morgan fingerprint density at radius 3 is 2.52 bits per heavy atom. The van der Waals surface area contributed by atoms with E-state index in [2.05, 4.69) is 10.1 Å². The molecule has 2 aromatic carbocycles. The molecule has 0 bridgehead atoms. The number of hydrogen-bond acceptors (Lipinski definition) is 4. The quantitative estimate of drug-likeness (QED) is 0.799. The third kappa shape index (κ3) is 2.98. The van der Waals surface area contributed by atoms with Crippen LogP contribution in [0.25, 0.3) is 0 Å². The largest absolute Gasteiger partial charge is 0.337 e. The van der Waals surface area contributed by atoms with Crippen molar-refractivity contribution in [2.45, 2.75) is 12.5 Å². The molecule has 4 nitrogen and oxygen atoms in total. The lowest BCUT2D eigenvalue weighted by Gasteiger charge is -2.05. The zero-order chi connectivity index (χ0) is 14.7. The Bertz CT molecular complexity index is 727. The molecule has 0 unspecified atom stereocenters. The van der Waals surface area contributed by atoms with Crippen molar-refractivity contribution in [1.82, 2.24) is 10.1 Å². The van der Waals surface area contributed by atoms with Crippen molar-refractivity contribution >= 4 is 0 Å². The van der Waals surface area contributed by atoms with Crippen LogP contribution in [0.15, 0.2) is 59.1 Å². The van der Waals surface area contributed by atoms with Crippen LogP contribution in [-0.2, 0) is 6.42 Å². The third-order valence-electron chi connectivity index (χ3n) is 3.21. The first-order valence-corrected chi connectivity index (χ1v) is 6.60. The molecule has 21 heavy (non-hydrogen) atoms. The van der Waals surface area contributed by atoms with Gasteiger partial charge in [-0.15, -0.1) is 0 Å². The molecular weight excluding hydrogens is 269 g/mol. The first-order chi connectivity index (χ1) is 10.2. The molecule has 0 amide bonds. The van der Waals surface area contributed by atoms with Crippen molar-refractivity contribution < 1.29 is 8.91 Å². The molecule has 0 spiro atoms. The van der Waals surface area contributed by atoms with Gasteiger partial charge in [0.05, 0.1) is 0 Å². The molecule has 1 aromatic heterocycles. The van der Waals surface area contributed by atoms with Gasteiger partial charge in [-0.3, -0.25) is 0 Å². The standard InChI is InChI=1S/C16H14FN3O/c17-13-9-5-4-8-12(13)10-14-19-16(21-20-14)15(18)11-6-2-1-3-7-11/h1-9,15H,10,18H2/t15-/m0/s1. The van der Waals surface area contributed by atoms with Gasteiger partial charge in [0, 0.05) is 6.42 Å². The van der Waals surface area contributed by atoms with Crippen molar-refractivity contribution in [3.05, 3.63) is 83.3 Å². The molecule has 0 fully saturated rings. The van der Waals surface area contributed by atoms with Crippen molar-refractivity contribution in [3.8, 4) is 0 Å². The summed E-state index contributed by atoms with van der Waals surface area (Å²) in [6.07, 6.45) is 0.275. The Morgan fingerprint density at radius 1 is 1.05 bits per heavy atom. The topological polar surface area (TPSA) is 64.9 Å². The van der Waals surface area contributed by atoms with E-state index < -0.39 is 6.04 Å². The van der Waals surface area contributed by atoms with Crippen LogP contribution in [0.5, 0.6) is 0 Å². The number of hydrogen-bond donors (Lipinski definition) is 1. The van der Waals surface area contributed by atoms with E-state index in [0.29, 0.717) is 17.3 Å². The number of nitrogens with zero attached hydrogens (tertiary/aromatic N) is 2. The predicted octanol–water partition coefficient (Wildman–Crippen LogP) is 2.85. The summed E-state index contributed by atoms with van der Waals surface area (Å²) in [5, 5.41) is 3.87. The van der Waals surface area contributed by atoms with Crippen LogP contribution in [0, 0.1) is 5.82 Å². The van der Waals surface area contributed by atoms with Gasteiger partial charge >= 0.3 is 0 Å². The van der Waals surface area contributed by atoms with Crippen molar-refractivity contribution in [1.29, 1.82) is 0 Å². The molecule has 3 aromatic rings. The first kappa shape index (κ1) is 13.5. The van der Waals surface area contributed by atoms with Gasteiger partial charge in [-0.2, -0.15) is 4.98 Å². The molecule has 1 heterocycles. The van der Waals surface area contributed by atoms with E-state index in [0.717, 1.165) is 5.56 Å². The molecule has 106 valence electrons. The Labute approximate surface area is 121 Å². The van der Waals surface area contributed by atoms with Gasteiger partial charge in [0.2, 0.25) is 5.89 Å². The molecule has 0 radical (unpaired) electrons. The molecule has 0 saturated heterocycles. The number of rotatable bonds is 4. The summed E-state index contributed by atoms with van der Waals surface area (Å²) in [5.41, 5.74) is 7.50. The summed E-state index contributed by atoms with van der Waals surface area (Å²) >= 11 is 0. The van der Waals surface area contributed by atoms with Gasteiger partial charge in [0.1, 0.15) is 11.9 Å². The van der Waals surface area contributed by atoms with E-state index in [1.165, 1.54) is 6.07 Å². The van der Waals surface area contributed by atoms with Gasteiger partial charge in [0.15, 0.2) is 5.82 Å². The van der Waals surface area contributed by atoms with E-state index in [9.17, 15) is 4.39 Å². The van der Waals surface area contributed by atoms with E-state index in [-0.39, 0.29) is 12.2 Å². The highest BCUT2D eigenvalue weighted by Crippen LogP contribution is 2.18. The van der Waals surface area contributed by atoms with Crippen LogP contribution in [0.4, 0.5) is 4.39 Å². The summed E-state index contributed by atoms with van der Waals surface area (Å²) in [5.74, 6) is 0.463. The second-order valence-electron chi connectivity index (χ2n) is 4.71. The minimum absolute atomic E-state index is 0.275. The maximum Gasteiger partial charge on any atom is 0.248 e. The van der Waals surface area contributed by atoms with Crippen molar-refractivity contribution in [2.75, 3.05) is 0 Å². The second-order valence-corrected chi connectivity index (χ2v) is 4.71. The first-order valence-electron chi connectivity index (χ1n) is 6.60. The molecule has 0 aliphatic carbocycles. The predicted molar refractivity (Wildman–Crippen MR) is 76.0 cm³/mol.